The lowest BCUT2D eigenvalue weighted by Crippen LogP contribution is -2.52. The van der Waals surface area contributed by atoms with Crippen molar-refractivity contribution in [1.82, 2.24) is 4.90 Å². The van der Waals surface area contributed by atoms with Gasteiger partial charge >= 0.3 is 0 Å². The van der Waals surface area contributed by atoms with E-state index in [0.717, 1.165) is 13.1 Å². The van der Waals surface area contributed by atoms with Crippen LogP contribution in [0, 0.1) is 5.41 Å². The van der Waals surface area contributed by atoms with E-state index in [0.29, 0.717) is 13.2 Å². The molecule has 0 amide bonds. The van der Waals surface area contributed by atoms with E-state index in [1.54, 1.807) is 11.8 Å². The quantitative estimate of drug-likeness (QED) is 0.797. The highest BCUT2D eigenvalue weighted by Gasteiger charge is 2.38. The molecule has 1 aromatic carbocycles. The maximum absolute atomic E-state index is 9.41. The fourth-order valence-corrected chi connectivity index (χ4v) is 2.70. The van der Waals surface area contributed by atoms with Gasteiger partial charge in [-0.1, -0.05) is 12.1 Å². The summed E-state index contributed by atoms with van der Waals surface area (Å²) in [4.78, 5) is 3.55. The van der Waals surface area contributed by atoms with Crippen LogP contribution in [0.3, 0.4) is 0 Å². The largest absolute Gasteiger partial charge is 0.396 e. The molecule has 1 N–H and O–H groups in total. The van der Waals surface area contributed by atoms with E-state index in [1.807, 2.05) is 0 Å². The SMILES string of the molecule is CSc1ccc(CN(C)CC2(CO)COC2)cc1. The molecular formula is C14H21NO2S. The van der Waals surface area contributed by atoms with Gasteiger partial charge in [0.2, 0.25) is 0 Å². The van der Waals surface area contributed by atoms with E-state index >= 15 is 0 Å². The minimum Gasteiger partial charge on any atom is -0.396 e. The van der Waals surface area contributed by atoms with Crippen molar-refractivity contribution in [3.63, 3.8) is 0 Å². The first-order chi connectivity index (χ1) is 8.67. The van der Waals surface area contributed by atoms with Gasteiger partial charge in [-0.2, -0.15) is 0 Å². The summed E-state index contributed by atoms with van der Waals surface area (Å²) in [6.45, 7) is 3.37. The number of ether oxygens (including phenoxy) is 1. The summed E-state index contributed by atoms with van der Waals surface area (Å²) >= 11 is 1.76. The number of rotatable bonds is 6. The second-order valence-corrected chi connectivity index (χ2v) is 6.05. The maximum Gasteiger partial charge on any atom is 0.0579 e. The fourth-order valence-electron chi connectivity index (χ4n) is 2.29. The third-order valence-electron chi connectivity index (χ3n) is 3.37. The zero-order valence-corrected chi connectivity index (χ0v) is 11.9. The standard InChI is InChI=1S/C14H21NO2S/c1-15(8-14(9-16)10-17-11-14)7-12-3-5-13(18-2)6-4-12/h3-6,16H,7-11H2,1-2H3. The Bertz CT molecular complexity index is 370. The first kappa shape index (κ1) is 13.9. The van der Waals surface area contributed by atoms with Gasteiger partial charge in [-0.3, -0.25) is 0 Å². The summed E-state index contributed by atoms with van der Waals surface area (Å²) in [5, 5.41) is 9.41. The maximum atomic E-state index is 9.41. The van der Waals surface area contributed by atoms with Crippen LogP contribution in [0.5, 0.6) is 0 Å². The molecule has 3 nitrogen and oxygen atoms in total. The summed E-state index contributed by atoms with van der Waals surface area (Å²) in [5.74, 6) is 0. The van der Waals surface area contributed by atoms with Crippen molar-refractivity contribution in [3.8, 4) is 0 Å². The normalized spacial score (nSPS) is 17.8. The highest BCUT2D eigenvalue weighted by atomic mass is 32.2. The van der Waals surface area contributed by atoms with Crippen molar-refractivity contribution < 1.29 is 9.84 Å². The van der Waals surface area contributed by atoms with Gasteiger partial charge in [0, 0.05) is 18.0 Å². The van der Waals surface area contributed by atoms with Crippen molar-refractivity contribution in [2.45, 2.75) is 11.4 Å². The molecule has 1 saturated heterocycles. The zero-order chi connectivity index (χ0) is 13.0. The molecular weight excluding hydrogens is 246 g/mol. The summed E-state index contributed by atoms with van der Waals surface area (Å²) in [6, 6.07) is 8.65. The molecule has 1 fully saturated rings. The first-order valence-corrected chi connectivity index (χ1v) is 7.40. The predicted octanol–water partition coefficient (Wildman–Crippen LogP) is 1.85. The van der Waals surface area contributed by atoms with Crippen LogP contribution in [0.25, 0.3) is 0 Å². The van der Waals surface area contributed by atoms with E-state index in [4.69, 9.17) is 4.74 Å². The molecule has 1 aliphatic rings. The molecule has 0 unspecified atom stereocenters. The van der Waals surface area contributed by atoms with Crippen molar-refractivity contribution in [1.29, 1.82) is 0 Å². The lowest BCUT2D eigenvalue weighted by atomic mass is 9.86. The van der Waals surface area contributed by atoms with Crippen molar-refractivity contribution in [2.75, 3.05) is 39.7 Å². The molecule has 0 bridgehead atoms. The van der Waals surface area contributed by atoms with Crippen LogP contribution in [-0.2, 0) is 11.3 Å². The number of hydrogen-bond acceptors (Lipinski definition) is 4. The second kappa shape index (κ2) is 6.06. The number of benzene rings is 1. The van der Waals surface area contributed by atoms with Crippen LogP contribution in [-0.4, -0.2) is 49.7 Å². The molecule has 0 saturated carbocycles. The van der Waals surface area contributed by atoms with Crippen LogP contribution in [0.15, 0.2) is 29.2 Å². The average molecular weight is 267 g/mol. The van der Waals surface area contributed by atoms with E-state index in [-0.39, 0.29) is 12.0 Å². The smallest absolute Gasteiger partial charge is 0.0579 e. The van der Waals surface area contributed by atoms with Gasteiger partial charge in [0.05, 0.1) is 25.2 Å². The number of aliphatic hydroxyl groups is 1. The Morgan fingerprint density at radius 3 is 2.44 bits per heavy atom. The number of thioether (sulfide) groups is 1. The zero-order valence-electron chi connectivity index (χ0n) is 11.1. The molecule has 100 valence electrons. The van der Waals surface area contributed by atoms with E-state index in [1.165, 1.54) is 10.5 Å². The van der Waals surface area contributed by atoms with Crippen LogP contribution in [0.2, 0.25) is 0 Å². The predicted molar refractivity (Wildman–Crippen MR) is 74.9 cm³/mol. The molecule has 0 atom stereocenters. The second-order valence-electron chi connectivity index (χ2n) is 5.17. The minimum atomic E-state index is -0.0338. The Balaban J connectivity index is 1.88. The number of hydrogen-bond donors (Lipinski definition) is 1. The van der Waals surface area contributed by atoms with E-state index in [2.05, 4.69) is 42.5 Å². The summed E-state index contributed by atoms with van der Waals surface area (Å²) in [5.41, 5.74) is 1.28. The molecule has 2 rings (SSSR count). The molecule has 0 radical (unpaired) electrons. The Labute approximate surface area is 113 Å². The molecule has 1 heterocycles. The van der Waals surface area contributed by atoms with Gasteiger partial charge in [0.15, 0.2) is 0 Å². The monoisotopic (exact) mass is 267 g/mol. The molecule has 0 aliphatic carbocycles. The lowest BCUT2D eigenvalue weighted by molar-refractivity contribution is -0.147. The topological polar surface area (TPSA) is 32.7 Å². The Morgan fingerprint density at radius 1 is 1.33 bits per heavy atom. The van der Waals surface area contributed by atoms with Gasteiger partial charge in [0.1, 0.15) is 0 Å². The van der Waals surface area contributed by atoms with Crippen molar-refractivity contribution >= 4 is 11.8 Å². The van der Waals surface area contributed by atoms with Crippen molar-refractivity contribution in [3.05, 3.63) is 29.8 Å². The van der Waals surface area contributed by atoms with Crippen molar-refractivity contribution in [2.24, 2.45) is 5.41 Å². The van der Waals surface area contributed by atoms with Crippen LogP contribution in [0.1, 0.15) is 5.56 Å². The molecule has 4 heteroatoms. The lowest BCUT2D eigenvalue weighted by Gasteiger charge is -2.42. The fraction of sp³-hybridized carbons (Fsp3) is 0.571. The van der Waals surface area contributed by atoms with E-state index in [9.17, 15) is 5.11 Å². The summed E-state index contributed by atoms with van der Waals surface area (Å²) in [6.07, 6.45) is 2.09. The van der Waals surface area contributed by atoms with Gasteiger partial charge < -0.3 is 14.7 Å². The molecule has 18 heavy (non-hydrogen) atoms. The van der Waals surface area contributed by atoms with Gasteiger partial charge in [-0.25, -0.2) is 0 Å². The first-order valence-electron chi connectivity index (χ1n) is 6.17. The summed E-state index contributed by atoms with van der Waals surface area (Å²) in [7, 11) is 2.10. The average Bonchev–Trinajstić information content (AvgIpc) is 2.35. The van der Waals surface area contributed by atoms with Crippen LogP contribution < -0.4 is 0 Å². The molecule has 0 aromatic heterocycles. The number of aliphatic hydroxyl groups excluding tert-OH is 1. The molecule has 1 aromatic rings. The van der Waals surface area contributed by atoms with Gasteiger partial charge in [0.25, 0.3) is 0 Å². The number of nitrogens with zero attached hydrogens (tertiary/aromatic N) is 1. The third-order valence-corrected chi connectivity index (χ3v) is 4.11. The third kappa shape index (κ3) is 3.26. The molecule has 1 aliphatic heterocycles. The Kier molecular flexibility index (Phi) is 4.67. The minimum absolute atomic E-state index is 0.0338. The van der Waals surface area contributed by atoms with Gasteiger partial charge in [-0.15, -0.1) is 11.8 Å². The summed E-state index contributed by atoms with van der Waals surface area (Å²) < 4.78 is 5.22. The Morgan fingerprint density at radius 2 is 2.00 bits per heavy atom. The molecule has 0 spiro atoms. The van der Waals surface area contributed by atoms with Gasteiger partial charge in [-0.05, 0) is 31.0 Å². The van der Waals surface area contributed by atoms with Crippen LogP contribution in [0.4, 0.5) is 0 Å². The highest BCUT2D eigenvalue weighted by Crippen LogP contribution is 2.28. The Hall–Kier alpha value is -0.550. The van der Waals surface area contributed by atoms with Crippen LogP contribution >= 0.6 is 11.8 Å². The van der Waals surface area contributed by atoms with E-state index < -0.39 is 0 Å². The highest BCUT2D eigenvalue weighted by molar-refractivity contribution is 7.98.